The summed E-state index contributed by atoms with van der Waals surface area (Å²) in [4.78, 5) is 0. The van der Waals surface area contributed by atoms with Gasteiger partial charge >= 0.3 is 0 Å². The van der Waals surface area contributed by atoms with E-state index in [0.29, 0.717) is 0 Å². The van der Waals surface area contributed by atoms with Crippen LogP contribution < -0.4 is 5.73 Å². The maximum absolute atomic E-state index is 5.38. The quantitative estimate of drug-likeness (QED) is 0.629. The monoisotopic (exact) mass is 163 g/mol. The Hall–Kier alpha value is 0.0200. The van der Waals surface area contributed by atoms with Crippen LogP contribution in [-0.4, -0.2) is 0 Å². The lowest BCUT2D eigenvalue weighted by atomic mass is 10.4. The molecule has 0 heterocycles. The van der Waals surface area contributed by atoms with Crippen LogP contribution in [0.3, 0.4) is 0 Å². The lowest BCUT2D eigenvalue weighted by molar-refractivity contribution is 1.14. The molecular formula is C5H10BrN. The van der Waals surface area contributed by atoms with Gasteiger partial charge in [0.15, 0.2) is 0 Å². The molecule has 2 N–H and O–H groups in total. The highest BCUT2D eigenvalue weighted by Crippen LogP contribution is 2.10. The first-order valence-electron chi connectivity index (χ1n) is 2.29. The number of rotatable bonds is 1. The molecule has 0 aliphatic carbocycles. The summed E-state index contributed by atoms with van der Waals surface area (Å²) in [5.74, 6) is 0. The minimum Gasteiger partial charge on any atom is -0.402 e. The second kappa shape index (κ2) is 3.08. The van der Waals surface area contributed by atoms with Crippen molar-refractivity contribution in [1.82, 2.24) is 0 Å². The van der Waals surface area contributed by atoms with E-state index in [-0.39, 0.29) is 0 Å². The van der Waals surface area contributed by atoms with Crippen molar-refractivity contribution in [2.75, 3.05) is 0 Å². The number of halogens is 1. The van der Waals surface area contributed by atoms with Gasteiger partial charge in [0.2, 0.25) is 0 Å². The third-order valence-corrected chi connectivity index (χ3v) is 1.92. The average molecular weight is 164 g/mol. The van der Waals surface area contributed by atoms with E-state index in [2.05, 4.69) is 22.9 Å². The van der Waals surface area contributed by atoms with Gasteiger partial charge in [-0.1, -0.05) is 22.9 Å². The first kappa shape index (κ1) is 7.02. The number of hydrogen-bond acceptors (Lipinski definition) is 1. The molecule has 0 aromatic rings. The maximum atomic E-state index is 5.38. The largest absolute Gasteiger partial charge is 0.402 e. The topological polar surface area (TPSA) is 26.0 Å². The minimum atomic E-state index is 0.877. The Morgan fingerprint density at radius 2 is 2.14 bits per heavy atom. The standard InChI is InChI=1S/C5H10BrN/c1-3-5(6)4(2)7/h3,7H2,1-2H3/b5-4-. The molecule has 7 heavy (non-hydrogen) atoms. The van der Waals surface area contributed by atoms with Gasteiger partial charge in [0.1, 0.15) is 0 Å². The molecule has 0 aliphatic rings. The third kappa shape index (κ3) is 2.68. The highest BCUT2D eigenvalue weighted by molar-refractivity contribution is 9.11. The van der Waals surface area contributed by atoms with Crippen LogP contribution in [0, 0.1) is 0 Å². The summed E-state index contributed by atoms with van der Waals surface area (Å²) in [6, 6.07) is 0. The number of nitrogens with two attached hydrogens (primary N) is 1. The summed E-state index contributed by atoms with van der Waals surface area (Å²) < 4.78 is 1.10. The van der Waals surface area contributed by atoms with E-state index in [4.69, 9.17) is 5.73 Å². The van der Waals surface area contributed by atoms with Crippen molar-refractivity contribution in [3.05, 3.63) is 10.2 Å². The Morgan fingerprint density at radius 3 is 2.14 bits per heavy atom. The summed E-state index contributed by atoms with van der Waals surface area (Å²) in [7, 11) is 0. The zero-order valence-electron chi connectivity index (χ0n) is 4.66. The van der Waals surface area contributed by atoms with Gasteiger partial charge in [-0.15, -0.1) is 0 Å². The second-order valence-electron chi connectivity index (χ2n) is 1.44. The second-order valence-corrected chi connectivity index (χ2v) is 2.40. The average Bonchev–Trinajstić information content (AvgIpc) is 1.65. The molecule has 0 saturated heterocycles. The smallest absolute Gasteiger partial charge is 0.0151 e. The van der Waals surface area contributed by atoms with Crippen molar-refractivity contribution in [2.24, 2.45) is 5.73 Å². The summed E-state index contributed by atoms with van der Waals surface area (Å²) in [6.45, 7) is 3.94. The highest BCUT2D eigenvalue weighted by Gasteiger charge is 1.86. The third-order valence-electron chi connectivity index (χ3n) is 0.738. The fraction of sp³-hybridized carbons (Fsp3) is 0.600. The van der Waals surface area contributed by atoms with E-state index >= 15 is 0 Å². The molecule has 0 atom stereocenters. The zero-order chi connectivity index (χ0) is 5.86. The molecule has 0 amide bonds. The maximum Gasteiger partial charge on any atom is 0.0151 e. The molecule has 0 aliphatic heterocycles. The zero-order valence-corrected chi connectivity index (χ0v) is 6.25. The van der Waals surface area contributed by atoms with Crippen LogP contribution in [0.4, 0.5) is 0 Å². The predicted molar refractivity (Wildman–Crippen MR) is 36.1 cm³/mol. The van der Waals surface area contributed by atoms with E-state index in [9.17, 15) is 0 Å². The lowest BCUT2D eigenvalue weighted by Gasteiger charge is -1.92. The van der Waals surface area contributed by atoms with Gasteiger partial charge in [-0.3, -0.25) is 0 Å². The molecule has 0 aromatic carbocycles. The van der Waals surface area contributed by atoms with Gasteiger partial charge in [0.05, 0.1) is 0 Å². The van der Waals surface area contributed by atoms with Crippen molar-refractivity contribution >= 4 is 15.9 Å². The van der Waals surface area contributed by atoms with E-state index in [1.165, 1.54) is 0 Å². The molecular weight excluding hydrogens is 154 g/mol. The SMILES string of the molecule is CC/C(Br)=C(\C)N. The normalized spacial score (nSPS) is 13.6. The minimum absolute atomic E-state index is 0.877. The summed E-state index contributed by atoms with van der Waals surface area (Å²) in [5.41, 5.74) is 6.26. The van der Waals surface area contributed by atoms with Crippen molar-refractivity contribution in [3.8, 4) is 0 Å². The van der Waals surface area contributed by atoms with E-state index < -0.39 is 0 Å². The van der Waals surface area contributed by atoms with Gasteiger partial charge in [0, 0.05) is 10.2 Å². The first-order chi connectivity index (χ1) is 3.18. The molecule has 0 fully saturated rings. The molecule has 0 rings (SSSR count). The molecule has 1 nitrogen and oxygen atoms in total. The van der Waals surface area contributed by atoms with Gasteiger partial charge in [-0.2, -0.15) is 0 Å². The summed E-state index contributed by atoms with van der Waals surface area (Å²) in [6.07, 6.45) is 0.988. The Balaban J connectivity index is 3.72. The van der Waals surface area contributed by atoms with Crippen LogP contribution in [0.1, 0.15) is 20.3 Å². The van der Waals surface area contributed by atoms with Gasteiger partial charge in [0.25, 0.3) is 0 Å². The van der Waals surface area contributed by atoms with Crippen molar-refractivity contribution in [3.63, 3.8) is 0 Å². The molecule has 0 radical (unpaired) electrons. The van der Waals surface area contributed by atoms with Crippen molar-refractivity contribution < 1.29 is 0 Å². The lowest BCUT2D eigenvalue weighted by Crippen LogP contribution is -1.91. The van der Waals surface area contributed by atoms with Gasteiger partial charge in [-0.05, 0) is 13.3 Å². The Bertz CT molecular complexity index is 82.1. The van der Waals surface area contributed by atoms with Crippen LogP contribution in [0.5, 0.6) is 0 Å². The summed E-state index contributed by atoms with van der Waals surface area (Å²) >= 11 is 3.30. The van der Waals surface area contributed by atoms with Crippen molar-refractivity contribution in [1.29, 1.82) is 0 Å². The Kier molecular flexibility index (Phi) is 3.09. The molecule has 2 heteroatoms. The molecule has 0 saturated carbocycles. The predicted octanol–water partition coefficient (Wildman–Crippen LogP) is 1.98. The van der Waals surface area contributed by atoms with E-state index in [0.717, 1.165) is 16.6 Å². The van der Waals surface area contributed by atoms with Crippen LogP contribution in [0.15, 0.2) is 10.2 Å². The van der Waals surface area contributed by atoms with Crippen molar-refractivity contribution in [2.45, 2.75) is 20.3 Å². The Morgan fingerprint density at radius 1 is 1.71 bits per heavy atom. The number of hydrogen-bond donors (Lipinski definition) is 1. The fourth-order valence-electron chi connectivity index (χ4n) is 0.279. The first-order valence-corrected chi connectivity index (χ1v) is 3.08. The Labute approximate surface area is 52.7 Å². The molecule has 0 unspecified atom stereocenters. The van der Waals surface area contributed by atoms with Crippen LogP contribution >= 0.6 is 15.9 Å². The molecule has 0 bridgehead atoms. The van der Waals surface area contributed by atoms with Gasteiger partial charge < -0.3 is 5.73 Å². The molecule has 42 valence electrons. The van der Waals surface area contributed by atoms with Crippen LogP contribution in [0.2, 0.25) is 0 Å². The molecule has 0 aromatic heterocycles. The van der Waals surface area contributed by atoms with Crippen LogP contribution in [-0.2, 0) is 0 Å². The van der Waals surface area contributed by atoms with E-state index in [1.807, 2.05) is 6.92 Å². The summed E-state index contributed by atoms with van der Waals surface area (Å²) in [5, 5.41) is 0. The van der Waals surface area contributed by atoms with E-state index in [1.54, 1.807) is 0 Å². The van der Waals surface area contributed by atoms with Gasteiger partial charge in [-0.25, -0.2) is 0 Å². The van der Waals surface area contributed by atoms with Crippen LogP contribution in [0.25, 0.3) is 0 Å². The molecule has 0 spiro atoms. The number of allylic oxidation sites excluding steroid dienone is 2. The highest BCUT2D eigenvalue weighted by atomic mass is 79.9. The fourth-order valence-corrected chi connectivity index (χ4v) is 0.279.